The summed E-state index contributed by atoms with van der Waals surface area (Å²) in [4.78, 5) is 18.2. The van der Waals surface area contributed by atoms with E-state index in [0.717, 1.165) is 11.1 Å². The third-order valence-electron chi connectivity index (χ3n) is 5.11. The lowest BCUT2D eigenvalue weighted by molar-refractivity contribution is -0.0141. The molecule has 1 fully saturated rings. The summed E-state index contributed by atoms with van der Waals surface area (Å²) >= 11 is 5.77. The van der Waals surface area contributed by atoms with Crippen LogP contribution in [0.2, 0.25) is 5.15 Å². The van der Waals surface area contributed by atoms with Gasteiger partial charge in [0.2, 0.25) is 0 Å². The molecular formula is C18H18ClN3O3S. The van der Waals surface area contributed by atoms with Crippen LogP contribution in [0.1, 0.15) is 21.5 Å². The van der Waals surface area contributed by atoms with E-state index in [2.05, 4.69) is 4.98 Å². The van der Waals surface area contributed by atoms with E-state index in [-0.39, 0.29) is 5.91 Å². The van der Waals surface area contributed by atoms with Crippen LogP contribution in [-0.2, 0) is 27.6 Å². The highest BCUT2D eigenvalue weighted by Gasteiger charge is 2.56. The number of carbonyl (C=O) groups is 1. The van der Waals surface area contributed by atoms with Crippen LogP contribution in [-0.4, -0.2) is 49.5 Å². The highest BCUT2D eigenvalue weighted by atomic mass is 35.5. The summed E-state index contributed by atoms with van der Waals surface area (Å²) in [5, 5.41) is 0.328. The number of pyridine rings is 1. The van der Waals surface area contributed by atoms with Crippen molar-refractivity contribution in [1.29, 1.82) is 0 Å². The maximum Gasteiger partial charge on any atom is 0.255 e. The van der Waals surface area contributed by atoms with Crippen molar-refractivity contribution in [2.45, 2.75) is 18.5 Å². The first-order valence-corrected chi connectivity index (χ1v) is 10.5. The molecule has 6 nitrogen and oxygen atoms in total. The first kappa shape index (κ1) is 17.6. The molecule has 1 amide bonds. The van der Waals surface area contributed by atoms with Crippen LogP contribution in [0.15, 0.2) is 42.6 Å². The first-order chi connectivity index (χ1) is 12.3. The van der Waals surface area contributed by atoms with Gasteiger partial charge in [0.1, 0.15) is 27.3 Å². The molecule has 26 heavy (non-hydrogen) atoms. The molecule has 0 aliphatic carbocycles. The number of nitrogens with zero attached hydrogens (tertiary/aromatic N) is 3. The maximum absolute atomic E-state index is 12.6. The molecule has 0 radical (unpaired) electrons. The summed E-state index contributed by atoms with van der Waals surface area (Å²) in [6.45, 7) is 1.09. The van der Waals surface area contributed by atoms with Crippen molar-refractivity contribution < 1.29 is 13.6 Å². The molecule has 0 bridgehead atoms. The van der Waals surface area contributed by atoms with Gasteiger partial charge >= 0.3 is 0 Å². The van der Waals surface area contributed by atoms with Gasteiger partial charge < -0.3 is 9.45 Å². The zero-order chi connectivity index (χ0) is 18.5. The summed E-state index contributed by atoms with van der Waals surface area (Å²) in [6.07, 6.45) is 3.29. The fourth-order valence-electron chi connectivity index (χ4n) is 3.88. The highest BCUT2D eigenvalue weighted by Crippen LogP contribution is 2.41. The number of amides is 1. The number of rotatable bonds is 2. The van der Waals surface area contributed by atoms with Gasteiger partial charge in [0.05, 0.1) is 12.1 Å². The van der Waals surface area contributed by atoms with Crippen LogP contribution in [0, 0.1) is 0 Å². The lowest BCUT2D eigenvalue weighted by Gasteiger charge is -2.56. The van der Waals surface area contributed by atoms with Gasteiger partial charge in [-0.25, -0.2) is 4.98 Å². The predicted molar refractivity (Wildman–Crippen MR) is 98.3 cm³/mol. The van der Waals surface area contributed by atoms with E-state index in [0.29, 0.717) is 36.8 Å². The van der Waals surface area contributed by atoms with Gasteiger partial charge in [0.15, 0.2) is 0 Å². The highest BCUT2D eigenvalue weighted by molar-refractivity contribution is 7.94. The second kappa shape index (κ2) is 6.13. The minimum absolute atomic E-state index is 0.160. The van der Waals surface area contributed by atoms with Gasteiger partial charge in [-0.3, -0.25) is 4.79 Å². The Morgan fingerprint density at radius 2 is 1.92 bits per heavy atom. The molecule has 1 spiro atoms. The maximum atomic E-state index is 12.6. The number of hydrogen-bond acceptors (Lipinski definition) is 4. The molecule has 136 valence electrons. The Labute approximate surface area is 158 Å². The fraction of sp³-hybridized carbons (Fsp3) is 0.333. The molecule has 2 aliphatic rings. The number of fused-ring (bicyclic) bond motifs is 1. The van der Waals surface area contributed by atoms with Crippen LogP contribution in [0.5, 0.6) is 0 Å². The molecular weight excluding hydrogens is 374 g/mol. The summed E-state index contributed by atoms with van der Waals surface area (Å²) < 4.78 is 26.3. The molecule has 1 aromatic carbocycles. The van der Waals surface area contributed by atoms with Gasteiger partial charge in [0.25, 0.3) is 5.91 Å². The van der Waals surface area contributed by atoms with Gasteiger partial charge in [-0.2, -0.15) is 0 Å². The predicted octanol–water partition coefficient (Wildman–Crippen LogP) is 2.16. The van der Waals surface area contributed by atoms with E-state index in [1.165, 1.54) is 12.5 Å². The Kier molecular flexibility index (Phi) is 4.15. The monoisotopic (exact) mass is 391 g/mol. The Morgan fingerprint density at radius 1 is 1.23 bits per heavy atom. The quantitative estimate of drug-likeness (QED) is 0.580. The average molecular weight is 392 g/mol. The molecule has 1 unspecified atom stereocenters. The topological polar surface area (TPSA) is 76.6 Å². The van der Waals surface area contributed by atoms with Crippen LogP contribution in [0.4, 0.5) is 0 Å². The van der Waals surface area contributed by atoms with E-state index >= 15 is 0 Å². The summed E-state index contributed by atoms with van der Waals surface area (Å²) in [5.41, 5.74) is 2.05. The molecule has 0 saturated carbocycles. The molecule has 3 heterocycles. The van der Waals surface area contributed by atoms with Crippen molar-refractivity contribution in [3.8, 4) is 0 Å². The lowest BCUT2D eigenvalue weighted by Crippen LogP contribution is -2.74. The zero-order valence-electron chi connectivity index (χ0n) is 14.2. The minimum Gasteiger partial charge on any atom is -0.598 e. The Bertz CT molecular complexity index is 906. The Hall–Kier alpha value is -1.80. The number of sulfonamides is 1. The normalized spacial score (nSPS) is 21.0. The van der Waals surface area contributed by atoms with Crippen molar-refractivity contribution >= 4 is 27.9 Å². The number of benzene rings is 1. The summed E-state index contributed by atoms with van der Waals surface area (Å²) in [6, 6.07) is 11.1. The summed E-state index contributed by atoms with van der Waals surface area (Å²) in [5.74, 6) is -0.160. The summed E-state index contributed by atoms with van der Waals surface area (Å²) in [7, 11) is -3.39. The Balaban J connectivity index is 1.59. The molecule has 8 heteroatoms. The molecule has 0 N–H and O–H groups in total. The molecule has 1 aromatic heterocycles. The van der Waals surface area contributed by atoms with Crippen LogP contribution in [0.3, 0.4) is 0 Å². The lowest BCUT2D eigenvalue weighted by atomic mass is 9.78. The largest absolute Gasteiger partial charge is 0.598 e. The van der Waals surface area contributed by atoms with Crippen molar-refractivity contribution in [2.24, 2.45) is 0 Å². The van der Waals surface area contributed by atoms with E-state index in [1.807, 2.05) is 24.3 Å². The van der Waals surface area contributed by atoms with Crippen molar-refractivity contribution in [3.63, 3.8) is 0 Å². The molecule has 1 atom stereocenters. The van der Waals surface area contributed by atoms with Crippen molar-refractivity contribution in [3.05, 3.63) is 64.4 Å². The molecule has 4 rings (SSSR count). The van der Waals surface area contributed by atoms with E-state index in [4.69, 9.17) is 11.6 Å². The fourth-order valence-corrected chi connectivity index (χ4v) is 5.25. The smallest absolute Gasteiger partial charge is 0.255 e. The van der Waals surface area contributed by atoms with Gasteiger partial charge in [0, 0.05) is 19.3 Å². The third kappa shape index (κ3) is 2.95. The van der Waals surface area contributed by atoms with Gasteiger partial charge in [-0.05, 0) is 29.7 Å². The van der Waals surface area contributed by atoms with E-state index < -0.39 is 15.9 Å². The molecule has 1 saturated heterocycles. The minimum atomic E-state index is -3.39. The van der Waals surface area contributed by atoms with Crippen molar-refractivity contribution in [1.82, 2.24) is 14.2 Å². The first-order valence-electron chi connectivity index (χ1n) is 8.24. The molecule has 2 aliphatic heterocycles. The second-order valence-electron chi connectivity index (χ2n) is 6.97. The number of likely N-dealkylation sites (tertiary alicyclic amines) is 1. The van der Waals surface area contributed by atoms with Crippen LogP contribution >= 0.6 is 11.6 Å². The molecule has 2 aromatic rings. The van der Waals surface area contributed by atoms with Crippen LogP contribution in [0.25, 0.3) is 0 Å². The number of aromatic nitrogens is 1. The second-order valence-corrected chi connectivity index (χ2v) is 9.26. The van der Waals surface area contributed by atoms with Gasteiger partial charge in [-0.1, -0.05) is 40.1 Å². The number of carbonyl (C=O) groups excluding carboxylic acids is 1. The zero-order valence-corrected chi connectivity index (χ0v) is 15.8. The van der Waals surface area contributed by atoms with Gasteiger partial charge in [-0.15, -0.1) is 4.31 Å². The van der Waals surface area contributed by atoms with E-state index in [1.54, 1.807) is 21.3 Å². The SMILES string of the molecule is C[S+](=O)([O-])N1Cc2ccccc2CC12CN(C(=O)c1ccc(Cl)nc1)C2. The van der Waals surface area contributed by atoms with Crippen molar-refractivity contribution in [2.75, 3.05) is 19.3 Å². The Morgan fingerprint density at radius 3 is 2.54 bits per heavy atom. The third-order valence-corrected chi connectivity index (χ3v) is 6.65. The number of hydrogen-bond donors (Lipinski definition) is 0. The standard InChI is InChI=1S/C18H18ClN3O3S/c1-26(24,25)22-10-15-5-3-2-4-13(15)8-18(22)11-21(12-18)17(23)14-6-7-16(19)20-9-14/h2-7,9H,8,10-12H2,1H3. The average Bonchev–Trinajstić information content (AvgIpc) is 2.57. The van der Waals surface area contributed by atoms with E-state index in [9.17, 15) is 13.6 Å². The number of halogens is 1. The van der Waals surface area contributed by atoms with Crippen LogP contribution < -0.4 is 0 Å².